The summed E-state index contributed by atoms with van der Waals surface area (Å²) < 4.78 is 34.3. The molecule has 0 spiro atoms. The zero-order chi connectivity index (χ0) is 18.2. The zero-order valence-corrected chi connectivity index (χ0v) is 16.1. The molecule has 7 unspecified atom stereocenters. The number of aliphatic carboxylic acids is 1. The first kappa shape index (κ1) is 19.4. The lowest BCUT2D eigenvalue weighted by atomic mass is 9.75. The lowest BCUT2D eigenvalue weighted by Crippen LogP contribution is -2.50. The Labute approximate surface area is 154 Å². The summed E-state index contributed by atoms with van der Waals surface area (Å²) in [6, 6.07) is -0.191. The average molecular weight is 394 g/mol. The number of halogens is 1. The van der Waals surface area contributed by atoms with Crippen molar-refractivity contribution >= 4 is 27.6 Å². The van der Waals surface area contributed by atoms with Gasteiger partial charge in [0, 0.05) is 13.2 Å². The molecule has 0 heterocycles. The van der Waals surface area contributed by atoms with Crippen molar-refractivity contribution in [3.8, 4) is 0 Å². The third-order valence-corrected chi connectivity index (χ3v) is 8.85. The van der Waals surface area contributed by atoms with Gasteiger partial charge in [0.15, 0.2) is 0 Å². The summed E-state index contributed by atoms with van der Waals surface area (Å²) in [5.74, 6) is -1.10. The standard InChI is InChI=1S/C17H28ClNO5S/c1-24-15-6-5-12(9-14(15)18)19-25(22,23)16-8-11(17(20)21)7-10-3-2-4-13(10)16/h10-16,19H,2-9H2,1H3,(H,20,21). The molecular formula is C17H28ClNO5S. The molecule has 144 valence electrons. The van der Waals surface area contributed by atoms with Crippen LogP contribution in [0.25, 0.3) is 0 Å². The maximum atomic E-state index is 13.0. The molecule has 2 N–H and O–H groups in total. The molecule has 0 amide bonds. The molecule has 3 saturated carbocycles. The Morgan fingerprint density at radius 3 is 2.56 bits per heavy atom. The number of rotatable bonds is 5. The van der Waals surface area contributed by atoms with Crippen molar-refractivity contribution in [2.45, 2.75) is 74.1 Å². The summed E-state index contributed by atoms with van der Waals surface area (Å²) in [5, 5.41) is 8.61. The van der Waals surface area contributed by atoms with Crippen molar-refractivity contribution in [3.63, 3.8) is 0 Å². The van der Waals surface area contributed by atoms with Crippen LogP contribution in [-0.4, -0.2) is 49.4 Å². The molecule has 3 aliphatic carbocycles. The smallest absolute Gasteiger partial charge is 0.306 e. The predicted octanol–water partition coefficient (Wildman–Crippen LogP) is 2.36. The number of carbonyl (C=O) groups is 1. The highest BCUT2D eigenvalue weighted by Crippen LogP contribution is 2.47. The summed E-state index contributed by atoms with van der Waals surface area (Å²) in [6.07, 6.45) is 5.61. The molecule has 3 rings (SSSR count). The maximum Gasteiger partial charge on any atom is 0.306 e. The van der Waals surface area contributed by atoms with Gasteiger partial charge in [-0.15, -0.1) is 11.6 Å². The topological polar surface area (TPSA) is 92.7 Å². The summed E-state index contributed by atoms with van der Waals surface area (Å²) in [7, 11) is -1.94. The van der Waals surface area contributed by atoms with Gasteiger partial charge in [0.1, 0.15) is 0 Å². The third-order valence-electron chi connectivity index (χ3n) is 6.39. The normalized spacial score (nSPS) is 42.1. The van der Waals surface area contributed by atoms with Crippen LogP contribution in [-0.2, 0) is 19.6 Å². The zero-order valence-electron chi connectivity index (χ0n) is 14.6. The lowest BCUT2D eigenvalue weighted by Gasteiger charge is -2.38. The Morgan fingerprint density at radius 2 is 1.92 bits per heavy atom. The van der Waals surface area contributed by atoms with Gasteiger partial charge in [0.2, 0.25) is 10.0 Å². The Balaban J connectivity index is 1.71. The summed E-state index contributed by atoms with van der Waals surface area (Å²) in [6.45, 7) is 0. The number of hydrogen-bond acceptors (Lipinski definition) is 4. The monoisotopic (exact) mass is 393 g/mol. The highest BCUT2D eigenvalue weighted by molar-refractivity contribution is 7.90. The Bertz CT molecular complexity index is 598. The van der Waals surface area contributed by atoms with E-state index in [-0.39, 0.29) is 35.8 Å². The van der Waals surface area contributed by atoms with E-state index in [1.54, 1.807) is 7.11 Å². The van der Waals surface area contributed by atoms with Crippen LogP contribution < -0.4 is 4.72 Å². The number of carboxylic acids is 1. The van der Waals surface area contributed by atoms with E-state index in [2.05, 4.69) is 4.72 Å². The van der Waals surface area contributed by atoms with Crippen molar-refractivity contribution in [3.05, 3.63) is 0 Å². The average Bonchev–Trinajstić information content (AvgIpc) is 3.01. The van der Waals surface area contributed by atoms with Crippen LogP contribution in [0.1, 0.15) is 51.4 Å². The number of ether oxygens (including phenoxy) is 1. The summed E-state index contributed by atoms with van der Waals surface area (Å²) in [5.41, 5.74) is 0. The van der Waals surface area contributed by atoms with Crippen molar-refractivity contribution in [1.82, 2.24) is 4.72 Å². The van der Waals surface area contributed by atoms with Gasteiger partial charge >= 0.3 is 5.97 Å². The van der Waals surface area contributed by atoms with Crippen molar-refractivity contribution in [2.24, 2.45) is 17.8 Å². The Kier molecular flexibility index (Phi) is 5.98. The fourth-order valence-electron chi connectivity index (χ4n) is 5.10. The van der Waals surface area contributed by atoms with E-state index in [9.17, 15) is 18.3 Å². The first-order valence-corrected chi connectivity index (χ1v) is 11.2. The van der Waals surface area contributed by atoms with Gasteiger partial charge in [-0.25, -0.2) is 13.1 Å². The number of nitrogens with one attached hydrogen (secondary N) is 1. The van der Waals surface area contributed by atoms with E-state index in [1.165, 1.54) is 0 Å². The van der Waals surface area contributed by atoms with Crippen LogP contribution in [0.3, 0.4) is 0 Å². The maximum absolute atomic E-state index is 13.0. The van der Waals surface area contributed by atoms with E-state index in [4.69, 9.17) is 16.3 Å². The van der Waals surface area contributed by atoms with Crippen molar-refractivity contribution in [2.75, 3.05) is 7.11 Å². The number of alkyl halides is 1. The molecule has 0 aromatic heterocycles. The van der Waals surface area contributed by atoms with E-state index >= 15 is 0 Å². The first-order chi connectivity index (χ1) is 11.8. The second-order valence-corrected chi connectivity index (χ2v) is 10.4. The van der Waals surface area contributed by atoms with E-state index < -0.39 is 27.2 Å². The molecule has 0 aromatic rings. The van der Waals surface area contributed by atoms with Crippen LogP contribution in [0, 0.1) is 17.8 Å². The molecule has 0 aromatic carbocycles. The third kappa shape index (κ3) is 4.15. The second-order valence-electron chi connectivity index (χ2n) is 7.86. The molecule has 25 heavy (non-hydrogen) atoms. The van der Waals surface area contributed by atoms with E-state index in [0.29, 0.717) is 19.3 Å². The van der Waals surface area contributed by atoms with Gasteiger partial charge in [-0.2, -0.15) is 0 Å². The quantitative estimate of drug-likeness (QED) is 0.699. The van der Waals surface area contributed by atoms with Crippen LogP contribution in [0.15, 0.2) is 0 Å². The number of hydrogen-bond donors (Lipinski definition) is 2. The minimum Gasteiger partial charge on any atom is -0.481 e. The van der Waals surface area contributed by atoms with Crippen LogP contribution in [0.4, 0.5) is 0 Å². The fourth-order valence-corrected chi connectivity index (χ4v) is 7.70. The molecule has 0 aliphatic heterocycles. The van der Waals surface area contributed by atoms with Gasteiger partial charge in [-0.1, -0.05) is 12.8 Å². The number of carboxylic acid groups (broad SMARTS) is 1. The summed E-state index contributed by atoms with van der Waals surface area (Å²) >= 11 is 6.31. The van der Waals surface area contributed by atoms with Gasteiger partial charge in [0.25, 0.3) is 0 Å². The number of methoxy groups -OCH3 is 1. The highest BCUT2D eigenvalue weighted by Gasteiger charge is 2.48. The fraction of sp³-hybridized carbons (Fsp3) is 0.941. The number of fused-ring (bicyclic) bond motifs is 1. The number of sulfonamides is 1. The molecule has 8 heteroatoms. The predicted molar refractivity (Wildman–Crippen MR) is 95.1 cm³/mol. The largest absolute Gasteiger partial charge is 0.481 e. The molecule has 7 atom stereocenters. The molecular weight excluding hydrogens is 366 g/mol. The highest BCUT2D eigenvalue weighted by atomic mass is 35.5. The molecule has 3 fully saturated rings. The van der Waals surface area contributed by atoms with Crippen LogP contribution in [0.2, 0.25) is 0 Å². The minimum atomic E-state index is -3.56. The second kappa shape index (κ2) is 7.71. The Hall–Kier alpha value is -0.370. The molecule has 0 bridgehead atoms. The van der Waals surface area contributed by atoms with E-state index in [0.717, 1.165) is 25.7 Å². The Morgan fingerprint density at radius 1 is 1.16 bits per heavy atom. The van der Waals surface area contributed by atoms with Crippen molar-refractivity contribution in [1.29, 1.82) is 0 Å². The SMILES string of the molecule is COC1CCC(NS(=O)(=O)C2CC(C(=O)O)CC3CCCC32)CC1Cl. The van der Waals surface area contributed by atoms with Crippen LogP contribution >= 0.6 is 11.6 Å². The lowest BCUT2D eigenvalue weighted by molar-refractivity contribution is -0.143. The van der Waals surface area contributed by atoms with Gasteiger partial charge < -0.3 is 9.84 Å². The summed E-state index contributed by atoms with van der Waals surface area (Å²) in [4.78, 5) is 11.5. The van der Waals surface area contributed by atoms with Crippen molar-refractivity contribution < 1.29 is 23.1 Å². The molecule has 0 saturated heterocycles. The minimum absolute atomic E-state index is 0.0345. The molecule has 3 aliphatic rings. The van der Waals surface area contributed by atoms with Gasteiger partial charge in [-0.3, -0.25) is 4.79 Å². The van der Waals surface area contributed by atoms with Gasteiger partial charge in [0.05, 0.1) is 22.6 Å². The first-order valence-electron chi connectivity index (χ1n) is 9.22. The van der Waals surface area contributed by atoms with Gasteiger partial charge in [-0.05, 0) is 50.4 Å². The van der Waals surface area contributed by atoms with Crippen LogP contribution in [0.5, 0.6) is 0 Å². The molecule has 6 nitrogen and oxygen atoms in total. The molecule has 0 radical (unpaired) electrons. The van der Waals surface area contributed by atoms with E-state index in [1.807, 2.05) is 0 Å².